The Balaban J connectivity index is 1.30. The summed E-state index contributed by atoms with van der Waals surface area (Å²) in [5, 5.41) is 7.02. The topological polar surface area (TPSA) is 87.1 Å². The number of ether oxygens (including phenoxy) is 2. The minimum Gasteiger partial charge on any atom is -0.454 e. The van der Waals surface area contributed by atoms with E-state index in [1.807, 2.05) is 38.1 Å². The SMILES string of the molecule is Cc1cc(C)nc(N/C(=N/C(=S)Nc2cccc(C)c2C)N2CCN(Cc3ccc4c(c3)OCO4)CC2)n1. The number of aromatic nitrogens is 2. The highest BCUT2D eigenvalue weighted by molar-refractivity contribution is 7.80. The standard InChI is InChI=1S/C28H33N7O2S/c1-18-6-5-7-23(21(18)4)31-28(38)33-27(32-26-29-19(2)14-20(3)30-26)35-12-10-34(11-13-35)16-22-8-9-24-25(15-22)37-17-36-24/h5-9,14-15H,10-13,16-17H2,1-4H3,(H2,29,30,31,32,33,38). The van der Waals surface area contributed by atoms with Crippen molar-refractivity contribution >= 4 is 34.9 Å². The Bertz CT molecular complexity index is 1350. The summed E-state index contributed by atoms with van der Waals surface area (Å²) in [5.41, 5.74) is 6.29. The zero-order valence-electron chi connectivity index (χ0n) is 22.2. The lowest BCUT2D eigenvalue weighted by atomic mass is 10.1. The van der Waals surface area contributed by atoms with Gasteiger partial charge in [0.25, 0.3) is 0 Å². The lowest BCUT2D eigenvalue weighted by Crippen LogP contribution is -2.50. The van der Waals surface area contributed by atoms with E-state index < -0.39 is 0 Å². The molecule has 3 aromatic rings. The molecule has 9 nitrogen and oxygen atoms in total. The van der Waals surface area contributed by atoms with Gasteiger partial charge in [0.05, 0.1) is 0 Å². The molecule has 10 heteroatoms. The number of thiocarbonyl (C=S) groups is 1. The van der Waals surface area contributed by atoms with Crippen molar-refractivity contribution in [2.45, 2.75) is 34.2 Å². The fourth-order valence-corrected chi connectivity index (χ4v) is 4.80. The molecule has 0 spiro atoms. The Hall–Kier alpha value is -3.76. The van der Waals surface area contributed by atoms with E-state index in [1.54, 1.807) is 0 Å². The predicted molar refractivity (Wildman–Crippen MR) is 154 cm³/mol. The van der Waals surface area contributed by atoms with Gasteiger partial charge in [0.2, 0.25) is 23.8 Å². The maximum atomic E-state index is 5.66. The van der Waals surface area contributed by atoms with Crippen LogP contribution in [0, 0.1) is 27.7 Å². The summed E-state index contributed by atoms with van der Waals surface area (Å²) in [4.78, 5) is 18.5. The van der Waals surface area contributed by atoms with E-state index in [2.05, 4.69) is 62.4 Å². The molecule has 0 aliphatic carbocycles. The third-order valence-electron chi connectivity index (χ3n) is 6.77. The lowest BCUT2D eigenvalue weighted by molar-refractivity contribution is 0.172. The van der Waals surface area contributed by atoms with Gasteiger partial charge in [-0.05, 0) is 80.9 Å². The molecule has 0 radical (unpaired) electrons. The molecule has 1 fully saturated rings. The molecule has 3 heterocycles. The van der Waals surface area contributed by atoms with Crippen molar-refractivity contribution in [3.05, 3.63) is 70.5 Å². The fraction of sp³-hybridized carbons (Fsp3) is 0.357. The van der Waals surface area contributed by atoms with E-state index in [-0.39, 0.29) is 6.79 Å². The summed E-state index contributed by atoms with van der Waals surface area (Å²) in [6, 6.07) is 14.2. The first-order valence-electron chi connectivity index (χ1n) is 12.7. The monoisotopic (exact) mass is 531 g/mol. The largest absolute Gasteiger partial charge is 0.454 e. The summed E-state index contributed by atoms with van der Waals surface area (Å²) in [6.07, 6.45) is 0. The van der Waals surface area contributed by atoms with Crippen LogP contribution in [0.15, 0.2) is 47.5 Å². The van der Waals surface area contributed by atoms with Gasteiger partial charge in [0.1, 0.15) is 0 Å². The number of hydrogen-bond donors (Lipinski definition) is 2. The number of anilines is 2. The number of benzene rings is 2. The average Bonchev–Trinajstić information content (AvgIpc) is 3.34. The van der Waals surface area contributed by atoms with Crippen LogP contribution in [0.3, 0.4) is 0 Å². The number of fused-ring (bicyclic) bond motifs is 1. The molecule has 2 N–H and O–H groups in total. The Kier molecular flexibility index (Phi) is 7.71. The Labute approximate surface area is 228 Å². The first-order valence-corrected chi connectivity index (χ1v) is 13.2. The summed E-state index contributed by atoms with van der Waals surface area (Å²) >= 11 is 5.66. The highest BCUT2D eigenvalue weighted by Gasteiger charge is 2.22. The molecular formula is C28H33N7O2S. The molecule has 0 bridgehead atoms. The molecule has 1 aromatic heterocycles. The second-order valence-corrected chi connectivity index (χ2v) is 10.0. The van der Waals surface area contributed by atoms with Crippen molar-refractivity contribution in [3.63, 3.8) is 0 Å². The second kappa shape index (κ2) is 11.3. The molecule has 5 rings (SSSR count). The van der Waals surface area contributed by atoms with Gasteiger partial charge >= 0.3 is 0 Å². The van der Waals surface area contributed by atoms with Gasteiger partial charge in [-0.25, -0.2) is 9.97 Å². The van der Waals surface area contributed by atoms with Crippen LogP contribution in [-0.2, 0) is 6.54 Å². The van der Waals surface area contributed by atoms with Gasteiger partial charge in [0.15, 0.2) is 11.5 Å². The van der Waals surface area contributed by atoms with Crippen LogP contribution in [0.2, 0.25) is 0 Å². The average molecular weight is 532 g/mol. The van der Waals surface area contributed by atoms with Crippen molar-refractivity contribution in [1.29, 1.82) is 0 Å². The smallest absolute Gasteiger partial charge is 0.231 e. The number of nitrogens with one attached hydrogen (secondary N) is 2. The van der Waals surface area contributed by atoms with E-state index in [1.165, 1.54) is 11.1 Å². The van der Waals surface area contributed by atoms with Crippen LogP contribution in [0.1, 0.15) is 28.1 Å². The number of hydrogen-bond acceptors (Lipinski definition) is 6. The summed E-state index contributed by atoms with van der Waals surface area (Å²) in [6.45, 7) is 12.5. The maximum Gasteiger partial charge on any atom is 0.231 e. The van der Waals surface area contributed by atoms with Gasteiger partial charge in [-0.3, -0.25) is 10.2 Å². The van der Waals surface area contributed by atoms with Crippen LogP contribution in [0.4, 0.5) is 11.6 Å². The molecule has 2 aliphatic rings. The molecule has 198 valence electrons. The fourth-order valence-electron chi connectivity index (χ4n) is 4.60. The molecule has 0 unspecified atom stereocenters. The molecule has 2 aromatic carbocycles. The first kappa shape index (κ1) is 25.9. The summed E-state index contributed by atoms with van der Waals surface area (Å²) in [5.74, 6) is 2.78. The van der Waals surface area contributed by atoms with Gasteiger partial charge in [-0.15, -0.1) is 0 Å². The third-order valence-corrected chi connectivity index (χ3v) is 6.97. The van der Waals surface area contributed by atoms with E-state index in [0.29, 0.717) is 17.0 Å². The number of aryl methyl sites for hydroxylation is 3. The highest BCUT2D eigenvalue weighted by Crippen LogP contribution is 2.33. The molecule has 38 heavy (non-hydrogen) atoms. The van der Waals surface area contributed by atoms with Crippen molar-refractivity contribution in [2.24, 2.45) is 4.99 Å². The van der Waals surface area contributed by atoms with Crippen molar-refractivity contribution < 1.29 is 9.47 Å². The van der Waals surface area contributed by atoms with E-state index in [9.17, 15) is 0 Å². The van der Waals surface area contributed by atoms with E-state index in [0.717, 1.165) is 66.9 Å². The number of piperazine rings is 1. The second-order valence-electron chi connectivity index (χ2n) is 9.66. The van der Waals surface area contributed by atoms with Crippen molar-refractivity contribution in [2.75, 3.05) is 43.6 Å². The van der Waals surface area contributed by atoms with Crippen LogP contribution in [0.5, 0.6) is 11.5 Å². The predicted octanol–water partition coefficient (Wildman–Crippen LogP) is 4.42. The Morgan fingerprint density at radius 1 is 0.921 bits per heavy atom. The molecule has 1 saturated heterocycles. The minimum atomic E-state index is 0.289. The van der Waals surface area contributed by atoms with Crippen molar-refractivity contribution in [3.8, 4) is 11.5 Å². The zero-order chi connectivity index (χ0) is 26.6. The summed E-state index contributed by atoms with van der Waals surface area (Å²) in [7, 11) is 0. The Morgan fingerprint density at radius 2 is 1.66 bits per heavy atom. The number of nitrogens with zero attached hydrogens (tertiary/aromatic N) is 5. The quantitative estimate of drug-likeness (QED) is 0.289. The first-order chi connectivity index (χ1) is 18.3. The van der Waals surface area contributed by atoms with Crippen LogP contribution >= 0.6 is 12.2 Å². The minimum absolute atomic E-state index is 0.289. The molecule has 2 aliphatic heterocycles. The van der Waals surface area contributed by atoms with Gasteiger partial charge < -0.3 is 19.7 Å². The van der Waals surface area contributed by atoms with Crippen molar-refractivity contribution in [1.82, 2.24) is 19.8 Å². The molecular weight excluding hydrogens is 498 g/mol. The van der Waals surface area contributed by atoms with E-state index >= 15 is 0 Å². The lowest BCUT2D eigenvalue weighted by Gasteiger charge is -2.36. The Morgan fingerprint density at radius 3 is 2.42 bits per heavy atom. The normalized spacial score (nSPS) is 15.5. The number of rotatable bonds is 4. The van der Waals surface area contributed by atoms with Crippen LogP contribution in [0.25, 0.3) is 0 Å². The molecule has 0 atom stereocenters. The van der Waals surface area contributed by atoms with Crippen LogP contribution in [-0.4, -0.2) is 63.8 Å². The summed E-state index contributed by atoms with van der Waals surface area (Å²) < 4.78 is 11.0. The van der Waals surface area contributed by atoms with E-state index in [4.69, 9.17) is 26.7 Å². The maximum absolute atomic E-state index is 5.66. The highest BCUT2D eigenvalue weighted by atomic mass is 32.1. The van der Waals surface area contributed by atoms with Crippen LogP contribution < -0.4 is 20.1 Å². The third kappa shape index (κ3) is 6.20. The number of aliphatic imine (C=N–C) groups is 1. The molecule has 0 saturated carbocycles. The van der Waals surface area contributed by atoms with Gasteiger partial charge in [-0.1, -0.05) is 18.2 Å². The zero-order valence-corrected chi connectivity index (χ0v) is 23.1. The van der Waals surface area contributed by atoms with Gasteiger partial charge in [0, 0.05) is 49.8 Å². The molecule has 0 amide bonds. The van der Waals surface area contributed by atoms with Gasteiger partial charge in [-0.2, -0.15) is 4.99 Å². The number of guanidine groups is 1.